The first-order chi connectivity index (χ1) is 4.00. The van der Waals surface area contributed by atoms with Crippen LogP contribution in [0.3, 0.4) is 0 Å². The Kier molecular flexibility index (Phi) is 3.99. The van der Waals surface area contributed by atoms with Crippen molar-refractivity contribution in [2.24, 2.45) is 0 Å². The minimum Gasteiger partial charge on any atom is -0.171 e. The fourth-order valence-corrected chi connectivity index (χ4v) is 0.972. The Morgan fingerprint density at radius 2 is 1.78 bits per heavy atom. The molecule has 3 heteroatoms. The Morgan fingerprint density at radius 3 is 1.89 bits per heavy atom. The van der Waals surface area contributed by atoms with Gasteiger partial charge in [0.2, 0.25) is 0 Å². The largest absolute Gasteiger partial charge is 0.357 e. The van der Waals surface area contributed by atoms with Crippen molar-refractivity contribution in [3.8, 4) is 0 Å². The first-order valence-corrected chi connectivity index (χ1v) is 4.16. The van der Waals surface area contributed by atoms with Crippen molar-refractivity contribution < 1.29 is 0 Å². The second-order valence-corrected chi connectivity index (χ2v) is 4.14. The molecule has 0 saturated carbocycles. The van der Waals surface area contributed by atoms with Crippen molar-refractivity contribution in [2.45, 2.75) is 38.9 Å². The number of hydrogen-bond donors (Lipinski definition) is 0. The first-order valence-electron chi connectivity index (χ1n) is 3.29. The maximum atomic E-state index is 5.71. The van der Waals surface area contributed by atoms with E-state index in [1.54, 1.807) is 0 Å². The second-order valence-electron chi connectivity index (χ2n) is 3.04. The molecule has 0 aromatic rings. The predicted octanol–water partition coefficient (Wildman–Crippen LogP) is 3.53. The smallest absolute Gasteiger partial charge is 0.171 e. The Balaban J connectivity index is 3.70. The van der Waals surface area contributed by atoms with Gasteiger partial charge in [-0.25, -0.2) is 0 Å². The van der Waals surface area contributed by atoms with Crippen LogP contribution < -0.4 is 0 Å². The maximum absolute atomic E-state index is 5.71. The molecule has 0 N–H and O–H groups in total. The molecule has 0 aromatic carbocycles. The predicted molar refractivity (Wildman–Crippen MR) is 46.4 cm³/mol. The third kappa shape index (κ3) is 3.37. The molecule has 0 radical (unpaired) electrons. The van der Waals surface area contributed by atoms with Gasteiger partial charge in [0.05, 0.1) is 0 Å². The van der Waals surface area contributed by atoms with Gasteiger partial charge >= 0.3 is 5.54 Å². The molecule has 54 valence electrons. The van der Waals surface area contributed by atoms with Crippen LogP contribution in [-0.2, 0) is 0 Å². The molecule has 0 nitrogen and oxygen atoms in total. The van der Waals surface area contributed by atoms with E-state index in [4.69, 9.17) is 22.9 Å². The fourth-order valence-electron chi connectivity index (χ4n) is 0.753. The van der Waals surface area contributed by atoms with E-state index in [9.17, 15) is 0 Å². The highest BCUT2D eigenvalue weighted by Crippen LogP contribution is 2.37. The molecule has 0 unspecified atom stereocenters. The Morgan fingerprint density at radius 1 is 1.33 bits per heavy atom. The van der Waals surface area contributed by atoms with Gasteiger partial charge in [-0.2, -0.15) is 22.9 Å². The second kappa shape index (κ2) is 3.73. The molecular weight excluding hydrogens is 154 g/mol. The number of halogens is 2. The van der Waals surface area contributed by atoms with Crippen molar-refractivity contribution in [3.63, 3.8) is 0 Å². The summed E-state index contributed by atoms with van der Waals surface area (Å²) in [6.45, 7) is 6.31. The van der Waals surface area contributed by atoms with Gasteiger partial charge in [0.1, 0.15) is 0 Å². The highest BCUT2D eigenvalue weighted by Gasteiger charge is 2.28. The van der Waals surface area contributed by atoms with E-state index in [2.05, 4.69) is 20.8 Å². The molecular formula is C6H13BCl2. The van der Waals surface area contributed by atoms with Crippen LogP contribution in [0.5, 0.6) is 0 Å². The molecule has 0 fully saturated rings. The first kappa shape index (κ1) is 9.64. The third-order valence-corrected chi connectivity index (χ3v) is 2.67. The van der Waals surface area contributed by atoms with Gasteiger partial charge in [0.25, 0.3) is 0 Å². The van der Waals surface area contributed by atoms with E-state index >= 15 is 0 Å². The van der Waals surface area contributed by atoms with Crippen LogP contribution in [0, 0.1) is 0 Å². The van der Waals surface area contributed by atoms with Crippen molar-refractivity contribution >= 4 is 28.5 Å². The average Bonchev–Trinajstić information content (AvgIpc) is 1.65. The van der Waals surface area contributed by atoms with Gasteiger partial charge in [-0.3, -0.25) is 0 Å². The Labute approximate surface area is 67.8 Å². The molecule has 0 rings (SSSR count). The molecule has 0 aliphatic rings. The standard InChI is InChI=1S/C6H13BCl2/c1-4-5-6(2,3)7(8)9/h4-5H2,1-3H3. The molecule has 0 saturated heterocycles. The normalized spacial score (nSPS) is 11.7. The molecule has 0 amide bonds. The number of rotatable bonds is 3. The third-order valence-electron chi connectivity index (χ3n) is 1.49. The zero-order valence-electron chi connectivity index (χ0n) is 6.25. The van der Waals surface area contributed by atoms with Gasteiger partial charge in [-0.05, 0) is 5.31 Å². The van der Waals surface area contributed by atoms with Crippen molar-refractivity contribution in [1.29, 1.82) is 0 Å². The summed E-state index contributed by atoms with van der Waals surface area (Å²) in [5.41, 5.74) is -0.238. The van der Waals surface area contributed by atoms with Gasteiger partial charge in [-0.15, -0.1) is 0 Å². The van der Waals surface area contributed by atoms with Crippen molar-refractivity contribution in [3.05, 3.63) is 0 Å². The topological polar surface area (TPSA) is 0 Å². The highest BCUT2D eigenvalue weighted by molar-refractivity contribution is 7.35. The average molecular weight is 167 g/mol. The van der Waals surface area contributed by atoms with Crippen LogP contribution in [-0.4, -0.2) is 5.54 Å². The molecule has 0 aliphatic heterocycles. The quantitative estimate of drug-likeness (QED) is 0.563. The van der Waals surface area contributed by atoms with Crippen molar-refractivity contribution in [1.82, 2.24) is 0 Å². The highest BCUT2D eigenvalue weighted by atomic mass is 35.5. The Hall–Kier alpha value is 0.645. The lowest BCUT2D eigenvalue weighted by molar-refractivity contribution is 0.595. The molecule has 9 heavy (non-hydrogen) atoms. The molecule has 0 aliphatic carbocycles. The van der Waals surface area contributed by atoms with Gasteiger partial charge in [0, 0.05) is 0 Å². The SMILES string of the molecule is CCCC(C)(C)B(Cl)Cl. The van der Waals surface area contributed by atoms with Crippen LogP contribution in [0.2, 0.25) is 5.31 Å². The zero-order valence-corrected chi connectivity index (χ0v) is 7.76. The van der Waals surface area contributed by atoms with E-state index in [-0.39, 0.29) is 10.9 Å². The lowest BCUT2D eigenvalue weighted by atomic mass is 9.67. The van der Waals surface area contributed by atoms with Gasteiger partial charge in [0.15, 0.2) is 0 Å². The summed E-state index contributed by atoms with van der Waals surface area (Å²) in [5, 5.41) is 0.0812. The van der Waals surface area contributed by atoms with Crippen LogP contribution in [0.15, 0.2) is 0 Å². The monoisotopic (exact) mass is 166 g/mol. The van der Waals surface area contributed by atoms with Gasteiger partial charge < -0.3 is 0 Å². The minimum atomic E-state index is -0.238. The van der Waals surface area contributed by atoms with E-state index < -0.39 is 0 Å². The van der Waals surface area contributed by atoms with Crippen LogP contribution in [0.4, 0.5) is 0 Å². The summed E-state index contributed by atoms with van der Waals surface area (Å²) >= 11 is 11.4. The molecule has 0 bridgehead atoms. The van der Waals surface area contributed by atoms with E-state index in [1.165, 1.54) is 0 Å². The van der Waals surface area contributed by atoms with Crippen LogP contribution >= 0.6 is 22.9 Å². The lowest BCUT2D eigenvalue weighted by Gasteiger charge is -2.22. The zero-order chi connectivity index (χ0) is 7.49. The molecule has 0 aromatic heterocycles. The summed E-state index contributed by atoms with van der Waals surface area (Å²) < 4.78 is 0. The fraction of sp³-hybridized carbons (Fsp3) is 1.00. The van der Waals surface area contributed by atoms with E-state index in [1.807, 2.05) is 0 Å². The van der Waals surface area contributed by atoms with E-state index in [0.29, 0.717) is 0 Å². The van der Waals surface area contributed by atoms with Crippen LogP contribution in [0.25, 0.3) is 0 Å². The Bertz CT molecular complexity index is 81.1. The lowest BCUT2D eigenvalue weighted by Crippen LogP contribution is -2.15. The van der Waals surface area contributed by atoms with Gasteiger partial charge in [-0.1, -0.05) is 33.6 Å². The minimum absolute atomic E-state index is 0.0812. The van der Waals surface area contributed by atoms with Crippen molar-refractivity contribution in [2.75, 3.05) is 0 Å². The summed E-state index contributed by atoms with van der Waals surface area (Å²) in [5.74, 6) is 0. The number of hydrogen-bond acceptors (Lipinski definition) is 0. The summed E-state index contributed by atoms with van der Waals surface area (Å²) in [6.07, 6.45) is 2.23. The van der Waals surface area contributed by atoms with E-state index in [0.717, 1.165) is 12.8 Å². The summed E-state index contributed by atoms with van der Waals surface area (Å²) in [6, 6.07) is 0. The molecule has 0 spiro atoms. The molecule has 0 heterocycles. The summed E-state index contributed by atoms with van der Waals surface area (Å²) in [4.78, 5) is 0. The maximum Gasteiger partial charge on any atom is 0.357 e. The van der Waals surface area contributed by atoms with Crippen LogP contribution in [0.1, 0.15) is 33.6 Å². The molecule has 0 atom stereocenters. The summed E-state index contributed by atoms with van der Waals surface area (Å²) in [7, 11) is 0.